The number of phenolic OH excluding ortho intramolecular Hbond substituents is 2. The van der Waals surface area contributed by atoms with Gasteiger partial charge in [0, 0.05) is 24.0 Å². The lowest BCUT2D eigenvalue weighted by atomic mass is 10.1. The average molecular weight is 695 g/mol. The van der Waals surface area contributed by atoms with Crippen LogP contribution in [-0.4, -0.2) is 65.4 Å². The van der Waals surface area contributed by atoms with Crippen LogP contribution in [0.2, 0.25) is 5.02 Å². The van der Waals surface area contributed by atoms with Gasteiger partial charge in [-0.3, -0.25) is 0 Å². The van der Waals surface area contributed by atoms with Gasteiger partial charge in [-0.25, -0.2) is 9.59 Å². The molecular weight excluding hydrogens is 660 g/mol. The van der Waals surface area contributed by atoms with Crippen molar-refractivity contribution in [1.29, 1.82) is 0 Å². The van der Waals surface area contributed by atoms with Crippen LogP contribution in [0.25, 0.3) is 33.4 Å². The number of carbonyl (C=O) groups is 2. The largest absolute Gasteiger partial charge is 0.506 e. The molecule has 2 heterocycles. The Bertz CT molecular complexity index is 2210. The maximum absolute atomic E-state index is 11.5. The molecule has 6 rings (SSSR count). The first-order valence-electron chi connectivity index (χ1n) is 15.5. The maximum atomic E-state index is 11.5. The molecule has 2 N–H and O–H groups in total. The van der Waals surface area contributed by atoms with E-state index in [9.17, 15) is 19.8 Å². The number of fused-ring (bicyclic) bond motifs is 2. The zero-order valence-corrected chi connectivity index (χ0v) is 28.5. The molecule has 0 spiro atoms. The summed E-state index contributed by atoms with van der Waals surface area (Å²) >= 11 is 6.15. The quantitative estimate of drug-likeness (QED) is 0.119. The third-order valence-corrected chi connectivity index (χ3v) is 7.71. The number of ether oxygens (including phenoxy) is 2. The fourth-order valence-electron chi connectivity index (χ4n) is 4.76. The molecule has 0 aliphatic heterocycles. The Morgan fingerprint density at radius 1 is 0.720 bits per heavy atom. The highest BCUT2D eigenvalue weighted by molar-refractivity contribution is 6.34. The number of esters is 2. The summed E-state index contributed by atoms with van der Waals surface area (Å²) in [5.74, 6) is -0.661. The van der Waals surface area contributed by atoms with Gasteiger partial charge >= 0.3 is 11.9 Å². The van der Waals surface area contributed by atoms with Crippen LogP contribution in [-0.2, 0) is 31.9 Å². The van der Waals surface area contributed by atoms with Crippen LogP contribution in [0.3, 0.4) is 0 Å². The van der Waals surface area contributed by atoms with E-state index in [0.29, 0.717) is 57.0 Å². The van der Waals surface area contributed by atoms with Crippen molar-refractivity contribution in [2.45, 2.75) is 33.6 Å². The summed E-state index contributed by atoms with van der Waals surface area (Å²) in [5, 5.41) is 38.5. The minimum atomic E-state index is -0.421. The van der Waals surface area contributed by atoms with E-state index in [1.165, 1.54) is 9.59 Å². The first-order valence-corrected chi connectivity index (χ1v) is 15.9. The molecule has 0 fully saturated rings. The second-order valence-corrected chi connectivity index (χ2v) is 11.9. The van der Waals surface area contributed by atoms with Crippen LogP contribution >= 0.6 is 11.6 Å². The van der Waals surface area contributed by atoms with Gasteiger partial charge in [0.2, 0.25) is 0 Å². The summed E-state index contributed by atoms with van der Waals surface area (Å²) in [6.45, 7) is 12.5. The molecule has 0 unspecified atom stereocenters. The Morgan fingerprint density at radius 2 is 1.26 bits per heavy atom. The van der Waals surface area contributed by atoms with E-state index in [4.69, 9.17) is 21.1 Å². The molecule has 13 heteroatoms. The van der Waals surface area contributed by atoms with E-state index in [0.717, 1.165) is 22.2 Å². The van der Waals surface area contributed by atoms with E-state index < -0.39 is 11.9 Å². The third kappa shape index (κ3) is 8.34. The number of aromatic hydroxyl groups is 2. The molecule has 0 saturated heterocycles. The molecule has 0 atom stereocenters. The van der Waals surface area contributed by atoms with Gasteiger partial charge in [-0.1, -0.05) is 55.1 Å². The number of hydrogen-bond acceptors (Lipinski definition) is 10. The average Bonchev–Trinajstić information content (AvgIpc) is 3.73. The predicted molar refractivity (Wildman–Crippen MR) is 190 cm³/mol. The van der Waals surface area contributed by atoms with Crippen molar-refractivity contribution in [3.05, 3.63) is 119 Å². The molecule has 12 nitrogen and oxygen atoms in total. The highest BCUT2D eigenvalue weighted by Crippen LogP contribution is 2.29. The summed E-state index contributed by atoms with van der Waals surface area (Å²) < 4.78 is 10.2. The van der Waals surface area contributed by atoms with Gasteiger partial charge in [0.05, 0.1) is 18.2 Å². The van der Waals surface area contributed by atoms with E-state index in [2.05, 4.69) is 33.6 Å². The van der Waals surface area contributed by atoms with Gasteiger partial charge in [0.15, 0.2) is 0 Å². The van der Waals surface area contributed by atoms with Crippen molar-refractivity contribution in [2.75, 3.05) is 13.2 Å². The Labute approximate surface area is 292 Å². The van der Waals surface area contributed by atoms with Crippen molar-refractivity contribution >= 4 is 45.6 Å². The molecule has 0 aliphatic rings. The summed E-state index contributed by atoms with van der Waals surface area (Å²) in [6.07, 6.45) is 1.02. The van der Waals surface area contributed by atoms with Crippen LogP contribution in [0.4, 0.5) is 0 Å². The molecule has 2 aromatic heterocycles. The zero-order chi connectivity index (χ0) is 35.9. The van der Waals surface area contributed by atoms with Crippen molar-refractivity contribution in [2.24, 2.45) is 0 Å². The van der Waals surface area contributed by atoms with Crippen molar-refractivity contribution < 1.29 is 29.3 Å². The Morgan fingerprint density at radius 3 is 1.86 bits per heavy atom. The van der Waals surface area contributed by atoms with Crippen molar-refractivity contribution in [1.82, 2.24) is 30.0 Å². The fourth-order valence-corrected chi connectivity index (χ4v) is 4.97. The number of benzene rings is 4. The zero-order valence-electron chi connectivity index (χ0n) is 27.8. The van der Waals surface area contributed by atoms with E-state index in [1.807, 2.05) is 30.3 Å². The first kappa shape index (κ1) is 35.3. The lowest BCUT2D eigenvalue weighted by Crippen LogP contribution is -2.09. The van der Waals surface area contributed by atoms with Crippen LogP contribution < -0.4 is 0 Å². The van der Waals surface area contributed by atoms with Gasteiger partial charge in [-0.05, 0) is 79.9 Å². The number of aryl methyl sites for hydroxylation is 1. The van der Waals surface area contributed by atoms with Gasteiger partial charge in [0.1, 0.15) is 44.9 Å². The molecule has 256 valence electrons. The highest BCUT2D eigenvalue weighted by atomic mass is 35.5. The van der Waals surface area contributed by atoms with Crippen molar-refractivity contribution in [3.8, 4) is 22.9 Å². The van der Waals surface area contributed by atoms with Crippen LogP contribution in [0, 0.1) is 6.92 Å². The topological polar surface area (TPSA) is 154 Å². The number of aromatic nitrogens is 6. The van der Waals surface area contributed by atoms with Gasteiger partial charge in [0.25, 0.3) is 0 Å². The molecule has 50 heavy (non-hydrogen) atoms. The standard InChI is InChI=1S/C19H18ClN3O3.C18H17N3O3/c1-11(2)19(25)26-8-7-13-9-12(3)18(24)16(10-13)23-21-15-6-4-5-14(20)17(15)22-23;1-12(2)18(23)24-10-9-13-7-8-17(22)16(11-13)21-19-14-5-3-4-6-15(14)20-21/h4-6,9-10,24H,1,7-8H2,2-3H3;3-8,11,22H,1,9-10H2,2H3. The lowest BCUT2D eigenvalue weighted by Gasteiger charge is -2.10. The molecular formula is C37H35ClN6O6. The Hall–Kier alpha value is -6.01. The fraction of sp³-hybridized carbons (Fsp3) is 0.189. The van der Waals surface area contributed by atoms with E-state index in [1.54, 1.807) is 63.2 Å². The maximum Gasteiger partial charge on any atom is 0.333 e. The molecule has 0 amide bonds. The number of nitrogens with zero attached hydrogens (tertiary/aromatic N) is 6. The third-order valence-electron chi connectivity index (χ3n) is 7.40. The van der Waals surface area contributed by atoms with Gasteiger partial charge in [-0.15, -0.1) is 30.0 Å². The van der Waals surface area contributed by atoms with Crippen molar-refractivity contribution in [3.63, 3.8) is 0 Å². The number of carbonyl (C=O) groups excluding carboxylic acids is 2. The highest BCUT2D eigenvalue weighted by Gasteiger charge is 2.15. The number of hydrogen-bond donors (Lipinski definition) is 2. The summed E-state index contributed by atoms with van der Waals surface area (Å²) in [6, 6.07) is 21.6. The Balaban J connectivity index is 0.000000195. The number of halogens is 1. The number of rotatable bonds is 10. The molecule has 0 radical (unpaired) electrons. The van der Waals surface area contributed by atoms with Crippen LogP contribution in [0.5, 0.6) is 11.5 Å². The molecule has 0 saturated carbocycles. The summed E-state index contributed by atoms with van der Waals surface area (Å²) in [7, 11) is 0. The minimum Gasteiger partial charge on any atom is -0.506 e. The molecule has 0 aliphatic carbocycles. The van der Waals surface area contributed by atoms with E-state index in [-0.39, 0.29) is 24.7 Å². The second-order valence-electron chi connectivity index (χ2n) is 11.5. The number of phenols is 2. The van der Waals surface area contributed by atoms with Crippen LogP contribution in [0.15, 0.2) is 97.1 Å². The first-order chi connectivity index (χ1) is 23.9. The normalized spacial score (nSPS) is 10.8. The predicted octanol–water partition coefficient (Wildman–Crippen LogP) is 6.54. The molecule has 0 bridgehead atoms. The van der Waals surface area contributed by atoms with Gasteiger partial charge in [-0.2, -0.15) is 0 Å². The molecule has 6 aromatic rings. The summed E-state index contributed by atoms with van der Waals surface area (Å²) in [5.41, 5.74) is 6.81. The SMILES string of the molecule is C=C(C)C(=O)OCCc1cc(C)c(O)c(-n2nc3cccc(Cl)c3n2)c1.C=C(C)C(=O)OCCc1ccc(O)c(-n2nc3ccccc3n2)c1. The Kier molecular flexibility index (Phi) is 10.9. The second kappa shape index (κ2) is 15.5. The summed E-state index contributed by atoms with van der Waals surface area (Å²) in [4.78, 5) is 25.6. The molecule has 4 aromatic carbocycles. The van der Waals surface area contributed by atoms with Gasteiger partial charge < -0.3 is 19.7 Å². The van der Waals surface area contributed by atoms with E-state index >= 15 is 0 Å². The monoisotopic (exact) mass is 694 g/mol. The minimum absolute atomic E-state index is 0.0815. The smallest absolute Gasteiger partial charge is 0.333 e. The van der Waals surface area contributed by atoms with Crippen LogP contribution in [0.1, 0.15) is 30.5 Å². The lowest BCUT2D eigenvalue weighted by molar-refractivity contribution is -0.139.